The Bertz CT molecular complexity index is 845. The number of rotatable bonds is 7. The molecular weight excluding hydrogens is 395 g/mol. The molecule has 28 heavy (non-hydrogen) atoms. The second-order valence-corrected chi connectivity index (χ2v) is 7.66. The minimum Gasteiger partial charge on any atom is -0.354 e. The lowest BCUT2D eigenvalue weighted by Gasteiger charge is -2.20. The number of carbonyl (C=O) groups excluding carboxylic acids is 1. The van der Waals surface area contributed by atoms with Gasteiger partial charge in [-0.3, -0.25) is 14.2 Å². The van der Waals surface area contributed by atoms with Gasteiger partial charge in [0.1, 0.15) is 6.04 Å². The molecule has 2 unspecified atom stereocenters. The van der Waals surface area contributed by atoms with Crippen LogP contribution in [-0.2, 0) is 30.4 Å². The number of aromatic nitrogens is 4. The fourth-order valence-corrected chi connectivity index (χ4v) is 3.79. The molecule has 0 spiro atoms. The normalized spacial score (nSPS) is 16.1. The number of amides is 1. The van der Waals surface area contributed by atoms with E-state index in [9.17, 15) is 18.0 Å². The standard InChI is InChI=1S/C18H23ClF3N5O/c1-3-14(17(28)23-7-11(2)9-26-10-12(19)8-24-26)27-15-6-4-5-13(15)16(25-27)18(20,21)22/h8,10-11,14H,3-7,9H2,1-2H3,(H,23,28). The zero-order chi connectivity index (χ0) is 20.5. The molecule has 2 aromatic rings. The van der Waals surface area contributed by atoms with Crippen molar-refractivity contribution in [3.8, 4) is 0 Å². The fourth-order valence-electron chi connectivity index (χ4n) is 3.63. The Morgan fingerprint density at radius 1 is 1.39 bits per heavy atom. The summed E-state index contributed by atoms with van der Waals surface area (Å²) in [7, 11) is 0. The molecule has 2 aromatic heterocycles. The molecule has 2 atom stereocenters. The van der Waals surface area contributed by atoms with Gasteiger partial charge in [-0.2, -0.15) is 23.4 Å². The van der Waals surface area contributed by atoms with E-state index in [1.54, 1.807) is 17.8 Å². The topological polar surface area (TPSA) is 64.7 Å². The highest BCUT2D eigenvalue weighted by atomic mass is 35.5. The van der Waals surface area contributed by atoms with Crippen molar-refractivity contribution in [2.75, 3.05) is 6.54 Å². The Morgan fingerprint density at radius 2 is 2.14 bits per heavy atom. The number of hydrogen-bond donors (Lipinski definition) is 1. The molecule has 1 N–H and O–H groups in total. The number of alkyl halides is 3. The van der Waals surface area contributed by atoms with Crippen LogP contribution in [0.1, 0.15) is 49.7 Å². The molecule has 0 fully saturated rings. The average Bonchev–Trinajstić information content (AvgIpc) is 3.30. The van der Waals surface area contributed by atoms with Gasteiger partial charge >= 0.3 is 6.18 Å². The molecule has 0 aromatic carbocycles. The highest BCUT2D eigenvalue weighted by Gasteiger charge is 2.41. The van der Waals surface area contributed by atoms with E-state index < -0.39 is 17.9 Å². The lowest BCUT2D eigenvalue weighted by Crippen LogP contribution is -2.36. The molecule has 0 radical (unpaired) electrons. The van der Waals surface area contributed by atoms with E-state index in [-0.39, 0.29) is 17.4 Å². The third-order valence-corrected chi connectivity index (χ3v) is 5.13. The monoisotopic (exact) mass is 417 g/mol. The lowest BCUT2D eigenvalue weighted by molar-refractivity contribution is -0.142. The van der Waals surface area contributed by atoms with E-state index in [1.807, 2.05) is 6.92 Å². The molecule has 1 amide bonds. The van der Waals surface area contributed by atoms with Gasteiger partial charge < -0.3 is 5.32 Å². The molecule has 1 aliphatic rings. The van der Waals surface area contributed by atoms with Gasteiger partial charge in [-0.15, -0.1) is 0 Å². The third kappa shape index (κ3) is 4.34. The second kappa shape index (κ2) is 8.14. The van der Waals surface area contributed by atoms with Crippen molar-refractivity contribution in [1.29, 1.82) is 0 Å². The molecule has 0 aliphatic heterocycles. The minimum atomic E-state index is -4.51. The Labute approximate surface area is 166 Å². The summed E-state index contributed by atoms with van der Waals surface area (Å²) in [5.41, 5.74) is -0.0774. The van der Waals surface area contributed by atoms with Gasteiger partial charge in [0.2, 0.25) is 5.91 Å². The molecule has 0 saturated carbocycles. The van der Waals surface area contributed by atoms with Crippen molar-refractivity contribution in [1.82, 2.24) is 24.9 Å². The molecule has 0 saturated heterocycles. The van der Waals surface area contributed by atoms with Gasteiger partial charge in [0.15, 0.2) is 5.69 Å². The van der Waals surface area contributed by atoms with Crippen LogP contribution in [0.15, 0.2) is 12.4 Å². The maximum atomic E-state index is 13.3. The average molecular weight is 418 g/mol. The first kappa shape index (κ1) is 20.7. The Balaban J connectivity index is 1.69. The first-order valence-electron chi connectivity index (χ1n) is 9.33. The van der Waals surface area contributed by atoms with Gasteiger partial charge in [-0.25, -0.2) is 0 Å². The number of hydrogen-bond acceptors (Lipinski definition) is 3. The first-order valence-corrected chi connectivity index (χ1v) is 9.71. The largest absolute Gasteiger partial charge is 0.435 e. The summed E-state index contributed by atoms with van der Waals surface area (Å²) >= 11 is 5.84. The van der Waals surface area contributed by atoms with Crippen LogP contribution >= 0.6 is 11.6 Å². The van der Waals surface area contributed by atoms with E-state index in [1.165, 1.54) is 10.9 Å². The summed E-state index contributed by atoms with van der Waals surface area (Å²) in [6.07, 6.45) is 0.605. The second-order valence-electron chi connectivity index (χ2n) is 7.22. The van der Waals surface area contributed by atoms with Crippen LogP contribution in [0.3, 0.4) is 0 Å². The highest BCUT2D eigenvalue weighted by Crippen LogP contribution is 2.37. The van der Waals surface area contributed by atoms with Crippen molar-refractivity contribution in [2.24, 2.45) is 5.92 Å². The van der Waals surface area contributed by atoms with E-state index in [0.29, 0.717) is 49.5 Å². The number of nitrogens with zero attached hydrogens (tertiary/aromatic N) is 4. The zero-order valence-corrected chi connectivity index (χ0v) is 16.5. The fraction of sp³-hybridized carbons (Fsp3) is 0.611. The summed E-state index contributed by atoms with van der Waals surface area (Å²) in [6, 6.07) is -0.755. The Morgan fingerprint density at radius 3 is 2.75 bits per heavy atom. The van der Waals surface area contributed by atoms with Crippen LogP contribution in [0.5, 0.6) is 0 Å². The predicted molar refractivity (Wildman–Crippen MR) is 98.0 cm³/mol. The van der Waals surface area contributed by atoms with Gasteiger partial charge in [-0.05, 0) is 31.6 Å². The summed E-state index contributed by atoms with van der Waals surface area (Å²) < 4.78 is 42.9. The van der Waals surface area contributed by atoms with Crippen LogP contribution in [-0.4, -0.2) is 32.0 Å². The van der Waals surface area contributed by atoms with Crippen molar-refractivity contribution in [2.45, 2.75) is 58.3 Å². The SMILES string of the molecule is CCC(C(=O)NCC(C)Cn1cc(Cl)cn1)n1nc(C(F)(F)F)c2c1CCC2. The van der Waals surface area contributed by atoms with E-state index in [2.05, 4.69) is 15.5 Å². The van der Waals surface area contributed by atoms with Crippen molar-refractivity contribution >= 4 is 17.5 Å². The molecule has 154 valence electrons. The van der Waals surface area contributed by atoms with Gasteiger partial charge in [0.25, 0.3) is 0 Å². The molecule has 10 heteroatoms. The van der Waals surface area contributed by atoms with E-state index in [4.69, 9.17) is 11.6 Å². The Hall–Kier alpha value is -2.03. The lowest BCUT2D eigenvalue weighted by atomic mass is 10.1. The minimum absolute atomic E-state index is 0.0755. The molecule has 0 bridgehead atoms. The van der Waals surface area contributed by atoms with Crippen molar-refractivity contribution in [3.63, 3.8) is 0 Å². The van der Waals surface area contributed by atoms with Crippen molar-refractivity contribution in [3.05, 3.63) is 34.4 Å². The summed E-state index contributed by atoms with van der Waals surface area (Å²) in [5, 5.41) is 11.3. The Kier molecular flexibility index (Phi) is 6.02. The molecular formula is C18H23ClF3N5O. The van der Waals surface area contributed by atoms with E-state index >= 15 is 0 Å². The van der Waals surface area contributed by atoms with Crippen LogP contribution in [0.4, 0.5) is 13.2 Å². The van der Waals surface area contributed by atoms with Gasteiger partial charge in [0.05, 0.1) is 11.2 Å². The summed E-state index contributed by atoms with van der Waals surface area (Å²) in [4.78, 5) is 12.7. The number of fused-ring (bicyclic) bond motifs is 1. The number of halogens is 4. The van der Waals surface area contributed by atoms with Gasteiger partial charge in [-0.1, -0.05) is 25.4 Å². The summed E-state index contributed by atoms with van der Waals surface area (Å²) in [6.45, 7) is 4.67. The molecule has 1 aliphatic carbocycles. The predicted octanol–water partition coefficient (Wildman–Crippen LogP) is 3.64. The quantitative estimate of drug-likeness (QED) is 0.748. The van der Waals surface area contributed by atoms with E-state index in [0.717, 1.165) is 0 Å². The van der Waals surface area contributed by atoms with Gasteiger partial charge in [0, 0.05) is 30.5 Å². The van der Waals surface area contributed by atoms with Crippen LogP contribution < -0.4 is 5.32 Å². The maximum Gasteiger partial charge on any atom is 0.435 e. The van der Waals surface area contributed by atoms with Crippen molar-refractivity contribution < 1.29 is 18.0 Å². The maximum absolute atomic E-state index is 13.3. The first-order chi connectivity index (χ1) is 13.2. The highest BCUT2D eigenvalue weighted by molar-refractivity contribution is 6.30. The number of carbonyl (C=O) groups is 1. The van der Waals surface area contributed by atoms with Crippen LogP contribution in [0.25, 0.3) is 0 Å². The zero-order valence-electron chi connectivity index (χ0n) is 15.8. The van der Waals surface area contributed by atoms with Crippen LogP contribution in [0.2, 0.25) is 5.02 Å². The third-order valence-electron chi connectivity index (χ3n) is 4.94. The van der Waals surface area contributed by atoms with Crippen LogP contribution in [0, 0.1) is 5.92 Å². The molecule has 3 rings (SSSR count). The number of nitrogens with one attached hydrogen (secondary N) is 1. The smallest absolute Gasteiger partial charge is 0.354 e. The summed E-state index contributed by atoms with van der Waals surface area (Å²) in [5.74, 6) is -0.245. The molecule has 2 heterocycles. The molecule has 6 nitrogen and oxygen atoms in total.